The molecule has 26 heavy (non-hydrogen) atoms. The molecule has 3 atom stereocenters. The minimum absolute atomic E-state index is 0.0915. The fraction of sp³-hybridized carbons (Fsp3) is 0.571. The minimum Gasteiger partial charge on any atom is -0.356 e. The van der Waals surface area contributed by atoms with E-state index in [2.05, 4.69) is 44.0 Å². The van der Waals surface area contributed by atoms with Crippen LogP contribution in [-0.4, -0.2) is 41.1 Å². The van der Waals surface area contributed by atoms with Crippen molar-refractivity contribution in [3.63, 3.8) is 0 Å². The number of piperidine rings is 2. The molecule has 0 aromatic carbocycles. The summed E-state index contributed by atoms with van der Waals surface area (Å²) in [6.07, 6.45) is 11.1. The third-order valence-electron chi connectivity index (χ3n) is 6.08. The van der Waals surface area contributed by atoms with Gasteiger partial charge in [-0.2, -0.15) is 11.3 Å². The summed E-state index contributed by atoms with van der Waals surface area (Å²) in [7, 11) is 0. The van der Waals surface area contributed by atoms with Gasteiger partial charge in [0, 0.05) is 25.0 Å². The molecule has 2 aromatic heterocycles. The number of carbonyl (C=O) groups is 1. The van der Waals surface area contributed by atoms with Gasteiger partial charge in [-0.3, -0.25) is 4.79 Å². The van der Waals surface area contributed by atoms with Crippen LogP contribution in [0, 0.1) is 5.92 Å². The second kappa shape index (κ2) is 8.40. The number of carbonyl (C=O) groups excluding carboxylic acids is 1. The molecule has 140 valence electrons. The molecule has 4 heterocycles. The van der Waals surface area contributed by atoms with E-state index < -0.39 is 0 Å². The number of fused-ring (bicyclic) bond motifs is 1. The molecule has 0 radical (unpaired) electrons. The third kappa shape index (κ3) is 4.04. The zero-order chi connectivity index (χ0) is 17.8. The second-order valence-corrected chi connectivity index (χ2v) is 8.49. The molecule has 4 nitrogen and oxygen atoms in total. The van der Waals surface area contributed by atoms with Gasteiger partial charge in [-0.15, -0.1) is 0 Å². The quantitative estimate of drug-likeness (QED) is 0.836. The van der Waals surface area contributed by atoms with Crippen LogP contribution in [0.5, 0.6) is 0 Å². The number of aromatic nitrogens is 1. The first kappa shape index (κ1) is 17.8. The van der Waals surface area contributed by atoms with Crippen LogP contribution in [0.25, 0.3) is 0 Å². The van der Waals surface area contributed by atoms with E-state index in [1.54, 1.807) is 11.3 Å². The zero-order valence-electron chi connectivity index (χ0n) is 15.3. The summed E-state index contributed by atoms with van der Waals surface area (Å²) in [5.41, 5.74) is 1.22. The lowest BCUT2D eigenvalue weighted by atomic mass is 9.83. The lowest BCUT2D eigenvalue weighted by molar-refractivity contribution is -0.122. The molecule has 5 heteroatoms. The Kier molecular flexibility index (Phi) is 5.75. The Bertz CT molecular complexity index is 646. The first-order chi connectivity index (χ1) is 12.8. The van der Waals surface area contributed by atoms with Gasteiger partial charge in [0.15, 0.2) is 0 Å². The molecule has 0 spiro atoms. The lowest BCUT2D eigenvalue weighted by Crippen LogP contribution is -2.51. The predicted molar refractivity (Wildman–Crippen MR) is 106 cm³/mol. The minimum atomic E-state index is 0.0915. The second-order valence-electron chi connectivity index (χ2n) is 7.71. The van der Waals surface area contributed by atoms with Crippen LogP contribution in [0.1, 0.15) is 50.1 Å². The van der Waals surface area contributed by atoms with Crippen molar-refractivity contribution in [3.8, 4) is 0 Å². The van der Waals surface area contributed by atoms with Crippen LogP contribution in [0.3, 0.4) is 0 Å². The molecule has 1 N–H and O–H groups in total. The van der Waals surface area contributed by atoms with Crippen molar-refractivity contribution in [2.24, 2.45) is 5.92 Å². The molecule has 2 fully saturated rings. The van der Waals surface area contributed by atoms with E-state index >= 15 is 0 Å². The normalized spacial score (nSPS) is 24.8. The van der Waals surface area contributed by atoms with Gasteiger partial charge in [-0.25, -0.2) is 0 Å². The van der Waals surface area contributed by atoms with Crippen molar-refractivity contribution in [1.29, 1.82) is 0 Å². The Hall–Kier alpha value is -1.59. The van der Waals surface area contributed by atoms with Gasteiger partial charge in [0.2, 0.25) is 5.91 Å². The van der Waals surface area contributed by atoms with Crippen molar-refractivity contribution in [3.05, 3.63) is 46.9 Å². The number of amides is 1. The predicted octanol–water partition coefficient (Wildman–Crippen LogP) is 3.91. The monoisotopic (exact) mass is 371 g/mol. The molecule has 2 saturated heterocycles. The Morgan fingerprint density at radius 1 is 1.19 bits per heavy atom. The highest BCUT2D eigenvalue weighted by atomic mass is 32.1. The van der Waals surface area contributed by atoms with Gasteiger partial charge in [0.05, 0.1) is 12.5 Å². The maximum atomic E-state index is 12.7. The van der Waals surface area contributed by atoms with E-state index in [-0.39, 0.29) is 11.9 Å². The summed E-state index contributed by atoms with van der Waals surface area (Å²) in [6.45, 7) is 3.34. The smallest absolute Gasteiger partial charge is 0.222 e. The molecule has 2 aromatic rings. The van der Waals surface area contributed by atoms with E-state index in [9.17, 15) is 4.79 Å². The average molecular weight is 372 g/mol. The number of nitrogens with zero attached hydrogens (tertiary/aromatic N) is 2. The average Bonchev–Trinajstić information content (AvgIpc) is 3.38. The Balaban J connectivity index is 1.35. The topological polar surface area (TPSA) is 37.3 Å². The standard InChI is InChI=1S/C21H29N3OS/c25-21(14-20(18-8-13-26-16-18)24-10-3-4-11-24)22-15-17-6-5-12-23-9-2-1-7-19(17)23/h3-4,8,10-11,13,16-17,19-20H,1-2,5-7,9,12,14-15H2,(H,22,25)/t17-,19+,20-/m0/s1. The summed E-state index contributed by atoms with van der Waals surface area (Å²) in [4.78, 5) is 15.4. The van der Waals surface area contributed by atoms with Crippen LogP contribution >= 0.6 is 11.3 Å². The van der Waals surface area contributed by atoms with Crippen molar-refractivity contribution < 1.29 is 4.79 Å². The summed E-state index contributed by atoms with van der Waals surface area (Å²) >= 11 is 1.69. The highest BCUT2D eigenvalue weighted by Crippen LogP contribution is 2.30. The van der Waals surface area contributed by atoms with E-state index in [4.69, 9.17) is 0 Å². The highest BCUT2D eigenvalue weighted by Gasteiger charge is 2.33. The van der Waals surface area contributed by atoms with Gasteiger partial charge >= 0.3 is 0 Å². The van der Waals surface area contributed by atoms with Gasteiger partial charge in [-0.1, -0.05) is 6.42 Å². The van der Waals surface area contributed by atoms with Gasteiger partial charge < -0.3 is 14.8 Å². The SMILES string of the molecule is O=C(C[C@@H](c1ccsc1)n1cccc1)NC[C@@H]1CCCN2CCCC[C@H]12. The fourth-order valence-corrected chi connectivity index (χ4v) is 5.43. The maximum absolute atomic E-state index is 12.7. The van der Waals surface area contributed by atoms with Gasteiger partial charge in [0.1, 0.15) is 0 Å². The number of nitrogens with one attached hydrogen (secondary N) is 1. The van der Waals surface area contributed by atoms with Crippen molar-refractivity contribution >= 4 is 17.2 Å². The van der Waals surface area contributed by atoms with Crippen LogP contribution in [0.15, 0.2) is 41.4 Å². The van der Waals surface area contributed by atoms with Crippen LogP contribution in [0.2, 0.25) is 0 Å². The van der Waals surface area contributed by atoms with Crippen LogP contribution < -0.4 is 5.32 Å². The molecule has 1 amide bonds. The Labute approximate surface area is 160 Å². The number of rotatable bonds is 6. The Morgan fingerprint density at radius 3 is 2.85 bits per heavy atom. The summed E-state index contributed by atoms with van der Waals surface area (Å²) in [5.74, 6) is 0.794. The number of thiophene rings is 1. The van der Waals surface area contributed by atoms with Gasteiger partial charge in [-0.05, 0) is 79.2 Å². The summed E-state index contributed by atoms with van der Waals surface area (Å²) < 4.78 is 2.14. The summed E-state index contributed by atoms with van der Waals surface area (Å²) in [5, 5.41) is 7.50. The largest absolute Gasteiger partial charge is 0.356 e. The van der Waals surface area contributed by atoms with Gasteiger partial charge in [0.25, 0.3) is 0 Å². The molecule has 2 aliphatic heterocycles. The van der Waals surface area contributed by atoms with E-state index in [1.807, 2.05) is 12.1 Å². The zero-order valence-corrected chi connectivity index (χ0v) is 16.2. The van der Waals surface area contributed by atoms with Crippen LogP contribution in [-0.2, 0) is 4.79 Å². The maximum Gasteiger partial charge on any atom is 0.222 e. The van der Waals surface area contributed by atoms with E-state index in [0.29, 0.717) is 18.4 Å². The van der Waals surface area contributed by atoms with Crippen LogP contribution in [0.4, 0.5) is 0 Å². The molecule has 2 aliphatic rings. The number of hydrogen-bond donors (Lipinski definition) is 1. The molecule has 0 unspecified atom stereocenters. The first-order valence-corrected chi connectivity index (χ1v) is 10.9. The third-order valence-corrected chi connectivity index (χ3v) is 6.79. The van der Waals surface area contributed by atoms with Crippen molar-refractivity contribution in [2.45, 2.75) is 50.6 Å². The molecular formula is C21H29N3OS. The Morgan fingerprint density at radius 2 is 2.04 bits per heavy atom. The molecule has 4 rings (SSSR count). The number of hydrogen-bond acceptors (Lipinski definition) is 3. The lowest BCUT2D eigenvalue weighted by Gasteiger charge is -2.44. The van der Waals surface area contributed by atoms with Crippen molar-refractivity contribution in [1.82, 2.24) is 14.8 Å². The highest BCUT2D eigenvalue weighted by molar-refractivity contribution is 7.08. The van der Waals surface area contributed by atoms with E-state index in [0.717, 1.165) is 6.54 Å². The van der Waals surface area contributed by atoms with Crippen molar-refractivity contribution in [2.75, 3.05) is 19.6 Å². The first-order valence-electron chi connectivity index (χ1n) is 9.96. The summed E-state index contributed by atoms with van der Waals surface area (Å²) in [6, 6.07) is 6.96. The molecular weight excluding hydrogens is 342 g/mol. The van der Waals surface area contributed by atoms with E-state index in [1.165, 1.54) is 50.8 Å². The molecule has 0 saturated carbocycles. The molecule has 0 aliphatic carbocycles. The molecule has 0 bridgehead atoms. The fourth-order valence-electron chi connectivity index (χ4n) is 4.72.